The molecule has 0 unspecified atom stereocenters. The van der Waals surface area contributed by atoms with E-state index in [4.69, 9.17) is 5.73 Å². The van der Waals surface area contributed by atoms with E-state index in [1.807, 2.05) is 36.8 Å². The molecule has 0 spiro atoms. The molecule has 0 bridgehead atoms. The quantitative estimate of drug-likeness (QED) is 0.792. The van der Waals surface area contributed by atoms with Gasteiger partial charge >= 0.3 is 0 Å². The van der Waals surface area contributed by atoms with Crippen molar-refractivity contribution in [3.05, 3.63) is 41.7 Å². The van der Waals surface area contributed by atoms with E-state index < -0.39 is 0 Å². The second-order valence-corrected chi connectivity index (χ2v) is 6.05. The van der Waals surface area contributed by atoms with Crippen LogP contribution in [0.2, 0.25) is 0 Å². The van der Waals surface area contributed by atoms with Gasteiger partial charge in [-0.05, 0) is 24.2 Å². The zero-order chi connectivity index (χ0) is 15.1. The van der Waals surface area contributed by atoms with E-state index in [2.05, 4.69) is 39.2 Å². The molecule has 6 heteroatoms. The molecule has 0 aliphatic heterocycles. The number of hydrogen-bond acceptors (Lipinski definition) is 6. The molecule has 2 aromatic rings. The van der Waals surface area contributed by atoms with Crippen molar-refractivity contribution in [1.82, 2.24) is 15.0 Å². The first-order valence-electron chi connectivity index (χ1n) is 6.94. The van der Waals surface area contributed by atoms with Crippen LogP contribution in [0.3, 0.4) is 0 Å². The van der Waals surface area contributed by atoms with Gasteiger partial charge in [0.2, 0.25) is 11.9 Å². The number of aryl methyl sites for hydroxylation is 1. The number of thioether (sulfide) groups is 1. The highest BCUT2D eigenvalue weighted by atomic mass is 32.2. The van der Waals surface area contributed by atoms with Crippen molar-refractivity contribution in [3.63, 3.8) is 0 Å². The van der Waals surface area contributed by atoms with Crippen LogP contribution < -0.4 is 10.6 Å². The molecular weight excluding hydrogens is 282 g/mol. The SMILES string of the molecule is CN(C)c1nc(N)nc(CSCCCc2ccccc2)n1. The van der Waals surface area contributed by atoms with E-state index >= 15 is 0 Å². The van der Waals surface area contributed by atoms with E-state index in [0.717, 1.165) is 30.2 Å². The molecule has 0 saturated carbocycles. The van der Waals surface area contributed by atoms with Crippen LogP contribution in [0.15, 0.2) is 30.3 Å². The second kappa shape index (κ2) is 7.83. The number of hydrogen-bond donors (Lipinski definition) is 1. The Morgan fingerprint density at radius 1 is 1.10 bits per heavy atom. The summed E-state index contributed by atoms with van der Waals surface area (Å²) in [4.78, 5) is 14.5. The van der Waals surface area contributed by atoms with Crippen LogP contribution >= 0.6 is 11.8 Å². The Hall–Kier alpha value is -1.82. The summed E-state index contributed by atoms with van der Waals surface area (Å²) in [6.07, 6.45) is 2.26. The Bertz CT molecular complexity index is 559. The van der Waals surface area contributed by atoms with Crippen LogP contribution in [-0.4, -0.2) is 34.8 Å². The highest BCUT2D eigenvalue weighted by molar-refractivity contribution is 7.98. The van der Waals surface area contributed by atoms with Gasteiger partial charge in [-0.1, -0.05) is 30.3 Å². The summed E-state index contributed by atoms with van der Waals surface area (Å²) in [6, 6.07) is 10.5. The topological polar surface area (TPSA) is 67.9 Å². The fourth-order valence-electron chi connectivity index (χ4n) is 1.88. The molecule has 2 rings (SSSR count). The van der Waals surface area contributed by atoms with Gasteiger partial charge in [0.05, 0.1) is 5.75 Å². The van der Waals surface area contributed by atoms with Crippen LogP contribution in [0.5, 0.6) is 0 Å². The average molecular weight is 303 g/mol. The molecule has 0 amide bonds. The van der Waals surface area contributed by atoms with Crippen LogP contribution in [0.4, 0.5) is 11.9 Å². The molecule has 1 aromatic heterocycles. The van der Waals surface area contributed by atoms with E-state index in [1.54, 1.807) is 0 Å². The van der Waals surface area contributed by atoms with E-state index in [1.165, 1.54) is 5.56 Å². The summed E-state index contributed by atoms with van der Waals surface area (Å²) < 4.78 is 0. The molecule has 2 N–H and O–H groups in total. The Balaban J connectivity index is 1.76. The number of benzene rings is 1. The average Bonchev–Trinajstić information content (AvgIpc) is 2.47. The van der Waals surface area contributed by atoms with Gasteiger partial charge in [-0.15, -0.1) is 0 Å². The third kappa shape index (κ3) is 5.23. The van der Waals surface area contributed by atoms with Gasteiger partial charge in [0.25, 0.3) is 0 Å². The van der Waals surface area contributed by atoms with E-state index in [9.17, 15) is 0 Å². The van der Waals surface area contributed by atoms with E-state index in [-0.39, 0.29) is 5.95 Å². The number of nitrogens with zero attached hydrogens (tertiary/aromatic N) is 4. The lowest BCUT2D eigenvalue weighted by Crippen LogP contribution is -2.16. The highest BCUT2D eigenvalue weighted by Gasteiger charge is 2.06. The van der Waals surface area contributed by atoms with Crippen LogP contribution in [-0.2, 0) is 12.2 Å². The van der Waals surface area contributed by atoms with Gasteiger partial charge in [-0.2, -0.15) is 26.7 Å². The summed E-state index contributed by atoms with van der Waals surface area (Å²) in [5, 5.41) is 0. The van der Waals surface area contributed by atoms with Crippen molar-refractivity contribution in [3.8, 4) is 0 Å². The molecule has 0 atom stereocenters. The lowest BCUT2D eigenvalue weighted by atomic mass is 10.1. The van der Waals surface area contributed by atoms with Crippen LogP contribution in [0.1, 0.15) is 17.8 Å². The molecule has 5 nitrogen and oxygen atoms in total. The lowest BCUT2D eigenvalue weighted by molar-refractivity contribution is 0.912. The van der Waals surface area contributed by atoms with Crippen molar-refractivity contribution < 1.29 is 0 Å². The Morgan fingerprint density at radius 3 is 2.57 bits per heavy atom. The van der Waals surface area contributed by atoms with E-state index in [0.29, 0.717) is 5.95 Å². The lowest BCUT2D eigenvalue weighted by Gasteiger charge is -2.11. The second-order valence-electron chi connectivity index (χ2n) is 4.95. The Morgan fingerprint density at radius 2 is 1.86 bits per heavy atom. The molecule has 0 aliphatic carbocycles. The minimum absolute atomic E-state index is 0.286. The maximum atomic E-state index is 5.71. The maximum Gasteiger partial charge on any atom is 0.229 e. The third-order valence-corrected chi connectivity index (χ3v) is 3.95. The normalized spacial score (nSPS) is 10.6. The van der Waals surface area contributed by atoms with Gasteiger partial charge in [-0.3, -0.25) is 0 Å². The summed E-state index contributed by atoms with van der Waals surface area (Å²) in [5.74, 6) is 3.49. The molecule has 1 aromatic carbocycles. The number of rotatable bonds is 7. The monoisotopic (exact) mass is 303 g/mol. The summed E-state index contributed by atoms with van der Waals surface area (Å²) in [5.41, 5.74) is 7.09. The highest BCUT2D eigenvalue weighted by Crippen LogP contribution is 2.14. The molecule has 0 saturated heterocycles. The number of anilines is 2. The Kier molecular flexibility index (Phi) is 5.80. The summed E-state index contributed by atoms with van der Waals surface area (Å²) in [7, 11) is 3.79. The number of aromatic nitrogens is 3. The third-order valence-electron chi connectivity index (χ3n) is 2.92. The molecular formula is C15H21N5S. The first-order valence-corrected chi connectivity index (χ1v) is 8.10. The molecule has 0 fully saturated rings. The van der Waals surface area contributed by atoms with Crippen LogP contribution in [0, 0.1) is 0 Å². The van der Waals surface area contributed by atoms with Crippen molar-refractivity contribution in [2.75, 3.05) is 30.5 Å². The first-order chi connectivity index (χ1) is 10.1. The standard InChI is InChI=1S/C15H21N5S/c1-20(2)15-18-13(17-14(16)19-15)11-21-10-6-9-12-7-4-3-5-8-12/h3-5,7-8H,6,9-11H2,1-2H3,(H2,16,17,18,19). The van der Waals surface area contributed by atoms with Gasteiger partial charge in [-0.25, -0.2) is 0 Å². The van der Waals surface area contributed by atoms with Crippen molar-refractivity contribution in [2.24, 2.45) is 0 Å². The van der Waals surface area contributed by atoms with Crippen LogP contribution in [0.25, 0.3) is 0 Å². The predicted octanol–water partition coefficient (Wildman–Crippen LogP) is 2.39. The van der Waals surface area contributed by atoms with Gasteiger partial charge in [0.1, 0.15) is 5.82 Å². The first kappa shape index (κ1) is 15.6. The smallest absolute Gasteiger partial charge is 0.229 e. The Labute approximate surface area is 130 Å². The largest absolute Gasteiger partial charge is 0.368 e. The zero-order valence-electron chi connectivity index (χ0n) is 12.5. The fourth-order valence-corrected chi connectivity index (χ4v) is 2.68. The minimum Gasteiger partial charge on any atom is -0.368 e. The predicted molar refractivity (Wildman–Crippen MR) is 89.5 cm³/mol. The molecule has 0 aliphatic rings. The maximum absolute atomic E-state index is 5.71. The van der Waals surface area contributed by atoms with Crippen molar-refractivity contribution in [2.45, 2.75) is 18.6 Å². The summed E-state index contributed by atoms with van der Waals surface area (Å²) >= 11 is 1.83. The molecule has 21 heavy (non-hydrogen) atoms. The zero-order valence-corrected chi connectivity index (χ0v) is 13.3. The fraction of sp³-hybridized carbons (Fsp3) is 0.400. The molecule has 1 heterocycles. The van der Waals surface area contributed by atoms with Crippen molar-refractivity contribution in [1.29, 1.82) is 0 Å². The van der Waals surface area contributed by atoms with Crippen molar-refractivity contribution >= 4 is 23.7 Å². The molecule has 0 radical (unpaired) electrons. The summed E-state index contributed by atoms with van der Waals surface area (Å²) in [6.45, 7) is 0. The number of nitrogens with two attached hydrogens (primary N) is 1. The minimum atomic E-state index is 0.286. The van der Waals surface area contributed by atoms with Gasteiger partial charge in [0, 0.05) is 14.1 Å². The van der Waals surface area contributed by atoms with Gasteiger partial charge in [0.15, 0.2) is 0 Å². The molecule has 112 valence electrons. The number of nitrogen functional groups attached to an aromatic ring is 1. The van der Waals surface area contributed by atoms with Gasteiger partial charge < -0.3 is 10.6 Å².